The van der Waals surface area contributed by atoms with E-state index in [-0.39, 0.29) is 23.0 Å². The van der Waals surface area contributed by atoms with Gasteiger partial charge in [-0.25, -0.2) is 4.79 Å². The first-order valence-corrected chi connectivity index (χ1v) is 7.50. The predicted octanol–water partition coefficient (Wildman–Crippen LogP) is 1.99. The molecule has 0 saturated carbocycles. The normalized spacial score (nSPS) is 11.3. The molecule has 7 heteroatoms. The van der Waals surface area contributed by atoms with Crippen molar-refractivity contribution in [2.45, 2.75) is 13.0 Å². The Balaban J connectivity index is 2.04. The zero-order valence-electron chi connectivity index (χ0n) is 13.8. The largest absolute Gasteiger partial charge is 0.507 e. The molecule has 2 aromatic rings. The number of hydrogen-bond acceptors (Lipinski definition) is 5. The van der Waals surface area contributed by atoms with Gasteiger partial charge >= 0.3 is 17.8 Å². The number of anilines is 1. The fraction of sp³-hybridized carbons (Fsp3) is 0.167. The molecule has 0 heterocycles. The second-order valence-electron chi connectivity index (χ2n) is 5.28. The first kappa shape index (κ1) is 18.0. The molecule has 0 aliphatic heterocycles. The molecule has 3 N–H and O–H groups in total. The van der Waals surface area contributed by atoms with Crippen LogP contribution in [0.5, 0.6) is 5.75 Å². The molecule has 2 rings (SSSR count). The first-order valence-electron chi connectivity index (χ1n) is 7.50. The van der Waals surface area contributed by atoms with Gasteiger partial charge in [-0.3, -0.25) is 9.59 Å². The summed E-state index contributed by atoms with van der Waals surface area (Å²) in [6, 6.07) is 12.7. The average molecular weight is 342 g/mol. The third-order valence-electron chi connectivity index (χ3n) is 3.51. The molecule has 2 aromatic carbocycles. The van der Waals surface area contributed by atoms with E-state index in [0.29, 0.717) is 0 Å². The monoisotopic (exact) mass is 342 g/mol. The summed E-state index contributed by atoms with van der Waals surface area (Å²) in [7, 11) is 1.17. The van der Waals surface area contributed by atoms with Gasteiger partial charge < -0.3 is 20.5 Å². The number of ether oxygens (including phenoxy) is 1. The lowest BCUT2D eigenvalue weighted by atomic mass is 10.1. The quantitative estimate of drug-likeness (QED) is 0.448. The molecule has 0 radical (unpaired) electrons. The summed E-state index contributed by atoms with van der Waals surface area (Å²) in [5.74, 6) is -2.74. The number of methoxy groups -OCH3 is 1. The van der Waals surface area contributed by atoms with Gasteiger partial charge in [0.05, 0.1) is 13.2 Å². The SMILES string of the molecule is COC(=O)c1cc(NC(=O)C(=O)N[C@@H](C)c2ccccc2)ccc1O. The maximum absolute atomic E-state index is 12.0. The molecule has 0 aromatic heterocycles. The summed E-state index contributed by atoms with van der Waals surface area (Å²) < 4.78 is 4.54. The van der Waals surface area contributed by atoms with E-state index in [1.165, 1.54) is 25.3 Å². The van der Waals surface area contributed by atoms with E-state index in [0.717, 1.165) is 5.56 Å². The number of nitrogens with one attached hydrogen (secondary N) is 2. The van der Waals surface area contributed by atoms with Gasteiger partial charge in [0, 0.05) is 5.69 Å². The molecule has 7 nitrogen and oxygen atoms in total. The Morgan fingerprint density at radius 1 is 1.04 bits per heavy atom. The number of benzene rings is 2. The van der Waals surface area contributed by atoms with Crippen LogP contribution < -0.4 is 10.6 Å². The molecule has 0 saturated heterocycles. The Morgan fingerprint density at radius 3 is 2.36 bits per heavy atom. The van der Waals surface area contributed by atoms with Crippen LogP contribution in [0.3, 0.4) is 0 Å². The summed E-state index contributed by atoms with van der Waals surface area (Å²) in [6.07, 6.45) is 0. The summed E-state index contributed by atoms with van der Waals surface area (Å²) in [4.78, 5) is 35.6. The molecule has 130 valence electrons. The number of carbonyl (C=O) groups excluding carboxylic acids is 3. The average Bonchev–Trinajstić information content (AvgIpc) is 2.63. The minimum Gasteiger partial charge on any atom is -0.507 e. The van der Waals surface area contributed by atoms with E-state index in [2.05, 4.69) is 15.4 Å². The summed E-state index contributed by atoms with van der Waals surface area (Å²) in [5, 5.41) is 14.6. The van der Waals surface area contributed by atoms with Crippen molar-refractivity contribution in [1.29, 1.82) is 0 Å². The van der Waals surface area contributed by atoms with Crippen LogP contribution in [0.1, 0.15) is 28.9 Å². The zero-order valence-corrected chi connectivity index (χ0v) is 13.8. The van der Waals surface area contributed by atoms with Gasteiger partial charge in [-0.1, -0.05) is 30.3 Å². The number of amides is 2. The molecule has 0 aliphatic rings. The number of hydrogen-bond donors (Lipinski definition) is 3. The van der Waals surface area contributed by atoms with Crippen LogP contribution in [-0.2, 0) is 14.3 Å². The van der Waals surface area contributed by atoms with E-state index in [1.807, 2.05) is 30.3 Å². The second kappa shape index (κ2) is 7.96. The van der Waals surface area contributed by atoms with Crippen molar-refractivity contribution in [3.8, 4) is 5.75 Å². The highest BCUT2D eigenvalue weighted by Crippen LogP contribution is 2.22. The van der Waals surface area contributed by atoms with Gasteiger partial charge in [0.25, 0.3) is 0 Å². The third kappa shape index (κ3) is 4.57. The Kier molecular flexibility index (Phi) is 5.73. The summed E-state index contributed by atoms with van der Waals surface area (Å²) in [5.41, 5.74) is 0.935. The Labute approximate surface area is 144 Å². The predicted molar refractivity (Wildman–Crippen MR) is 91.1 cm³/mol. The maximum atomic E-state index is 12.0. The smallest absolute Gasteiger partial charge is 0.341 e. The van der Waals surface area contributed by atoms with Crippen LogP contribution in [0.4, 0.5) is 5.69 Å². The van der Waals surface area contributed by atoms with E-state index in [1.54, 1.807) is 6.92 Å². The number of rotatable bonds is 4. The van der Waals surface area contributed by atoms with Gasteiger partial charge in [0.1, 0.15) is 11.3 Å². The van der Waals surface area contributed by atoms with Gasteiger partial charge in [-0.2, -0.15) is 0 Å². The lowest BCUT2D eigenvalue weighted by Crippen LogP contribution is -2.36. The fourth-order valence-electron chi connectivity index (χ4n) is 2.16. The summed E-state index contributed by atoms with van der Waals surface area (Å²) in [6.45, 7) is 1.76. The van der Waals surface area contributed by atoms with Crippen LogP contribution in [0.2, 0.25) is 0 Å². The number of esters is 1. The highest BCUT2D eigenvalue weighted by atomic mass is 16.5. The van der Waals surface area contributed by atoms with Gasteiger partial charge in [0.2, 0.25) is 0 Å². The molecule has 0 fully saturated rings. The van der Waals surface area contributed by atoms with Crippen LogP contribution in [0.15, 0.2) is 48.5 Å². The molecular formula is C18H18N2O5. The molecule has 0 unspecified atom stereocenters. The molecule has 2 amide bonds. The standard InChI is InChI=1S/C18H18N2O5/c1-11(12-6-4-3-5-7-12)19-16(22)17(23)20-13-8-9-15(21)14(10-13)18(24)25-2/h3-11,21H,1-2H3,(H,19,22)(H,20,23)/t11-/m0/s1. The Hall–Kier alpha value is -3.35. The molecule has 0 spiro atoms. The van der Waals surface area contributed by atoms with Crippen LogP contribution in [0, 0.1) is 0 Å². The van der Waals surface area contributed by atoms with Crippen molar-refractivity contribution in [3.63, 3.8) is 0 Å². The van der Waals surface area contributed by atoms with Gasteiger partial charge in [0.15, 0.2) is 0 Å². The lowest BCUT2D eigenvalue weighted by Gasteiger charge is -2.14. The lowest BCUT2D eigenvalue weighted by molar-refractivity contribution is -0.136. The Bertz CT molecular complexity index is 789. The molecule has 0 bridgehead atoms. The topological polar surface area (TPSA) is 105 Å². The van der Waals surface area contributed by atoms with Crippen LogP contribution >= 0.6 is 0 Å². The maximum Gasteiger partial charge on any atom is 0.341 e. The third-order valence-corrected chi connectivity index (χ3v) is 3.51. The second-order valence-corrected chi connectivity index (χ2v) is 5.28. The van der Waals surface area contributed by atoms with E-state index in [9.17, 15) is 19.5 Å². The van der Waals surface area contributed by atoms with Crippen molar-refractivity contribution in [2.24, 2.45) is 0 Å². The van der Waals surface area contributed by atoms with E-state index < -0.39 is 17.8 Å². The fourth-order valence-corrected chi connectivity index (χ4v) is 2.16. The molecular weight excluding hydrogens is 324 g/mol. The van der Waals surface area contributed by atoms with Crippen molar-refractivity contribution < 1.29 is 24.2 Å². The van der Waals surface area contributed by atoms with Crippen molar-refractivity contribution in [2.75, 3.05) is 12.4 Å². The van der Waals surface area contributed by atoms with Gasteiger partial charge in [-0.05, 0) is 30.7 Å². The minimum absolute atomic E-state index is 0.113. The number of aromatic hydroxyl groups is 1. The number of carbonyl (C=O) groups is 3. The molecule has 1 atom stereocenters. The summed E-state index contributed by atoms with van der Waals surface area (Å²) >= 11 is 0. The molecule has 25 heavy (non-hydrogen) atoms. The number of phenols is 1. The number of phenolic OH excluding ortho intramolecular Hbond substituents is 1. The van der Waals surface area contributed by atoms with E-state index in [4.69, 9.17) is 0 Å². The molecule has 0 aliphatic carbocycles. The van der Waals surface area contributed by atoms with Crippen molar-refractivity contribution in [1.82, 2.24) is 5.32 Å². The highest BCUT2D eigenvalue weighted by molar-refractivity contribution is 6.39. The zero-order chi connectivity index (χ0) is 18.4. The van der Waals surface area contributed by atoms with Gasteiger partial charge in [-0.15, -0.1) is 0 Å². The highest BCUT2D eigenvalue weighted by Gasteiger charge is 2.19. The first-order chi connectivity index (χ1) is 11.9. The van der Waals surface area contributed by atoms with E-state index >= 15 is 0 Å². The van der Waals surface area contributed by atoms with Crippen LogP contribution in [0.25, 0.3) is 0 Å². The van der Waals surface area contributed by atoms with Crippen molar-refractivity contribution >= 4 is 23.5 Å². The minimum atomic E-state index is -0.885. The van der Waals surface area contributed by atoms with Crippen LogP contribution in [-0.4, -0.2) is 30.0 Å². The van der Waals surface area contributed by atoms with Crippen molar-refractivity contribution in [3.05, 3.63) is 59.7 Å². The Morgan fingerprint density at radius 2 is 1.72 bits per heavy atom.